The molecule has 1 aromatic carbocycles. The van der Waals surface area contributed by atoms with E-state index >= 15 is 0 Å². The first-order chi connectivity index (χ1) is 12.3. The van der Waals surface area contributed by atoms with Crippen LogP contribution in [0.4, 0.5) is 18.3 Å². The highest BCUT2D eigenvalue weighted by Gasteiger charge is 2.23. The predicted molar refractivity (Wildman–Crippen MR) is 85.6 cm³/mol. The quantitative estimate of drug-likeness (QED) is 0.621. The van der Waals surface area contributed by atoms with Gasteiger partial charge in [-0.1, -0.05) is 17.4 Å². The van der Waals surface area contributed by atoms with Gasteiger partial charge < -0.3 is 4.42 Å². The van der Waals surface area contributed by atoms with Gasteiger partial charge in [0, 0.05) is 11.1 Å². The van der Waals surface area contributed by atoms with Crippen molar-refractivity contribution in [3.63, 3.8) is 0 Å². The number of hydrogen-bond acceptors (Lipinski definition) is 8. The van der Waals surface area contributed by atoms with Gasteiger partial charge in [-0.15, -0.1) is 20.4 Å². The van der Waals surface area contributed by atoms with Gasteiger partial charge in [0.25, 0.3) is 5.89 Å². The maximum atomic E-state index is 14.4. The molecule has 0 unspecified atom stereocenters. The lowest BCUT2D eigenvalue weighted by molar-refractivity contribution is 0.116. The molecule has 0 bridgehead atoms. The fourth-order valence-electron chi connectivity index (χ4n) is 2.01. The van der Waals surface area contributed by atoms with Crippen LogP contribution in [0.2, 0.25) is 0 Å². The number of hydrogen-bond donors (Lipinski definition) is 0. The molecular formula is C13H10F3N5O3S2. The molecule has 0 spiro atoms. The van der Waals surface area contributed by atoms with E-state index in [0.29, 0.717) is 0 Å². The van der Waals surface area contributed by atoms with Crippen LogP contribution in [0.5, 0.6) is 0 Å². The van der Waals surface area contributed by atoms with Crippen molar-refractivity contribution >= 4 is 26.5 Å². The molecule has 2 aromatic heterocycles. The summed E-state index contributed by atoms with van der Waals surface area (Å²) in [7, 11) is -3.72. The number of aromatic nitrogens is 4. The van der Waals surface area contributed by atoms with Crippen molar-refractivity contribution in [2.75, 3.05) is 10.6 Å². The van der Waals surface area contributed by atoms with Gasteiger partial charge in [0.1, 0.15) is 11.3 Å². The van der Waals surface area contributed by atoms with Crippen molar-refractivity contribution in [3.8, 4) is 11.5 Å². The van der Waals surface area contributed by atoms with Crippen LogP contribution in [0.3, 0.4) is 0 Å². The summed E-state index contributed by atoms with van der Waals surface area (Å²) in [5.41, 5.74) is 1.49. The largest absolute Gasteiger partial charge is 0.415 e. The minimum atomic E-state index is -3.72. The van der Waals surface area contributed by atoms with Crippen molar-refractivity contribution in [1.82, 2.24) is 20.4 Å². The van der Waals surface area contributed by atoms with E-state index in [-0.39, 0.29) is 28.7 Å². The van der Waals surface area contributed by atoms with Crippen LogP contribution in [0.15, 0.2) is 28.1 Å². The average molecular weight is 405 g/mol. The van der Waals surface area contributed by atoms with Gasteiger partial charge in [-0.25, -0.2) is 17.1 Å². The Bertz CT molecular complexity index is 1010. The third kappa shape index (κ3) is 3.83. The van der Waals surface area contributed by atoms with Gasteiger partial charge in [-0.3, -0.25) is 0 Å². The summed E-state index contributed by atoms with van der Waals surface area (Å²) in [4.78, 5) is 0. The standard InChI is InChI=1S/C13H10F3N5O3S2/c1-26(22,23)21(13-20-17-6-25-13)5-8-3-2-7(4-9(8)14)11-18-19-12(24-11)10(15)16/h2-4,6,10H,5H2,1H3. The van der Waals surface area contributed by atoms with E-state index in [4.69, 9.17) is 4.42 Å². The Kier molecular flexibility index (Phi) is 4.91. The highest BCUT2D eigenvalue weighted by Crippen LogP contribution is 2.27. The minimum Gasteiger partial charge on any atom is -0.415 e. The molecule has 3 aromatic rings. The topological polar surface area (TPSA) is 102 Å². The molecule has 0 atom stereocenters. The van der Waals surface area contributed by atoms with Gasteiger partial charge in [0.05, 0.1) is 12.8 Å². The highest BCUT2D eigenvalue weighted by molar-refractivity contribution is 7.92. The number of rotatable bonds is 6. The van der Waals surface area contributed by atoms with Gasteiger partial charge in [0.15, 0.2) is 0 Å². The first-order valence-corrected chi connectivity index (χ1v) is 9.62. The van der Waals surface area contributed by atoms with Gasteiger partial charge in [-0.05, 0) is 12.1 Å². The zero-order valence-electron chi connectivity index (χ0n) is 13.0. The molecule has 3 rings (SSSR count). The first kappa shape index (κ1) is 18.3. The number of benzene rings is 1. The van der Waals surface area contributed by atoms with E-state index in [2.05, 4.69) is 20.4 Å². The van der Waals surface area contributed by atoms with Gasteiger partial charge in [0.2, 0.25) is 21.0 Å². The Morgan fingerprint density at radius 2 is 2.04 bits per heavy atom. The lowest BCUT2D eigenvalue weighted by Gasteiger charge is -2.19. The van der Waals surface area contributed by atoms with E-state index in [1.807, 2.05) is 0 Å². The minimum absolute atomic E-state index is 0.0444. The Labute approximate surface area is 149 Å². The summed E-state index contributed by atoms with van der Waals surface area (Å²) in [6, 6.07) is 3.66. The fourth-order valence-corrected chi connectivity index (χ4v) is 3.70. The molecule has 138 valence electrons. The maximum Gasteiger partial charge on any atom is 0.314 e. The van der Waals surface area contributed by atoms with Crippen molar-refractivity contribution in [2.24, 2.45) is 0 Å². The molecular weight excluding hydrogens is 395 g/mol. The third-order valence-electron chi connectivity index (χ3n) is 3.20. The zero-order chi connectivity index (χ0) is 18.9. The van der Waals surface area contributed by atoms with Crippen LogP contribution in [0, 0.1) is 5.82 Å². The van der Waals surface area contributed by atoms with E-state index in [9.17, 15) is 21.6 Å². The summed E-state index contributed by atoms with van der Waals surface area (Å²) in [5, 5.41) is 13.9. The number of alkyl halides is 2. The Balaban J connectivity index is 1.89. The van der Waals surface area contributed by atoms with Gasteiger partial charge >= 0.3 is 6.43 Å². The van der Waals surface area contributed by atoms with Crippen LogP contribution in [-0.2, 0) is 16.6 Å². The molecule has 8 nitrogen and oxygen atoms in total. The smallest absolute Gasteiger partial charge is 0.314 e. The Morgan fingerprint density at radius 1 is 1.27 bits per heavy atom. The van der Waals surface area contributed by atoms with E-state index in [0.717, 1.165) is 28.0 Å². The van der Waals surface area contributed by atoms with Crippen molar-refractivity contribution in [3.05, 3.63) is 41.0 Å². The second-order valence-corrected chi connectivity index (χ2v) is 7.76. The zero-order valence-corrected chi connectivity index (χ0v) is 14.6. The van der Waals surface area contributed by atoms with E-state index in [1.165, 1.54) is 17.6 Å². The molecule has 0 amide bonds. The Hall–Kier alpha value is -2.54. The van der Waals surface area contributed by atoms with Crippen molar-refractivity contribution in [1.29, 1.82) is 0 Å². The van der Waals surface area contributed by atoms with Crippen LogP contribution in [0.25, 0.3) is 11.5 Å². The average Bonchev–Trinajstić information content (AvgIpc) is 3.24. The lowest BCUT2D eigenvalue weighted by Crippen LogP contribution is -2.29. The first-order valence-electron chi connectivity index (χ1n) is 6.90. The normalized spacial score (nSPS) is 11.9. The fraction of sp³-hybridized carbons (Fsp3) is 0.231. The predicted octanol–water partition coefficient (Wildman–Crippen LogP) is 2.63. The molecule has 0 radical (unpaired) electrons. The summed E-state index contributed by atoms with van der Waals surface area (Å²) in [5.74, 6) is -1.91. The van der Waals surface area contributed by atoms with Crippen molar-refractivity contribution in [2.45, 2.75) is 13.0 Å². The molecule has 26 heavy (non-hydrogen) atoms. The molecule has 0 N–H and O–H groups in total. The van der Waals surface area contributed by atoms with Gasteiger partial charge in [-0.2, -0.15) is 8.78 Å². The number of halogens is 3. The molecule has 0 aliphatic rings. The summed E-state index contributed by atoms with van der Waals surface area (Å²) in [6.45, 7) is -0.313. The van der Waals surface area contributed by atoms with Crippen molar-refractivity contribution < 1.29 is 26.0 Å². The number of anilines is 1. The van der Waals surface area contributed by atoms with E-state index in [1.54, 1.807) is 0 Å². The monoisotopic (exact) mass is 405 g/mol. The SMILES string of the molecule is CS(=O)(=O)N(Cc1ccc(-c2nnc(C(F)F)o2)cc1F)c1nncs1. The van der Waals surface area contributed by atoms with Crippen LogP contribution < -0.4 is 4.31 Å². The van der Waals surface area contributed by atoms with Crippen LogP contribution >= 0.6 is 11.3 Å². The molecule has 0 aliphatic carbocycles. The maximum absolute atomic E-state index is 14.4. The second kappa shape index (κ2) is 6.99. The van der Waals surface area contributed by atoms with E-state index < -0.39 is 28.2 Å². The third-order valence-corrected chi connectivity index (χ3v) is 5.13. The molecule has 0 saturated heterocycles. The van der Waals surface area contributed by atoms with Crippen LogP contribution in [-0.4, -0.2) is 35.1 Å². The molecule has 0 aliphatic heterocycles. The lowest BCUT2D eigenvalue weighted by atomic mass is 10.1. The molecule has 13 heteroatoms. The molecule has 2 heterocycles. The summed E-state index contributed by atoms with van der Waals surface area (Å²) >= 11 is 0.986. The molecule has 0 saturated carbocycles. The highest BCUT2D eigenvalue weighted by atomic mass is 32.2. The Morgan fingerprint density at radius 3 is 2.58 bits per heavy atom. The van der Waals surface area contributed by atoms with Crippen LogP contribution in [0.1, 0.15) is 17.9 Å². The second-order valence-electron chi connectivity index (χ2n) is 5.04. The number of nitrogens with zero attached hydrogens (tertiary/aromatic N) is 5. The summed E-state index contributed by atoms with van der Waals surface area (Å²) in [6.07, 6.45) is -1.97. The summed E-state index contributed by atoms with van der Waals surface area (Å²) < 4.78 is 68.9. The number of sulfonamides is 1. The molecule has 0 fully saturated rings.